The van der Waals surface area contributed by atoms with Gasteiger partial charge in [-0.1, -0.05) is 24.1 Å². The van der Waals surface area contributed by atoms with E-state index < -0.39 is 11.7 Å². The summed E-state index contributed by atoms with van der Waals surface area (Å²) < 4.78 is 37.9. The van der Waals surface area contributed by atoms with Gasteiger partial charge in [0.1, 0.15) is 5.70 Å². The van der Waals surface area contributed by atoms with Gasteiger partial charge in [0.15, 0.2) is 0 Å². The van der Waals surface area contributed by atoms with Crippen LogP contribution in [0.25, 0.3) is 4.91 Å². The zero-order valence-corrected chi connectivity index (χ0v) is 19.8. The van der Waals surface area contributed by atoms with Gasteiger partial charge in [-0.3, -0.25) is 4.99 Å². The van der Waals surface area contributed by atoms with Crippen LogP contribution in [-0.4, -0.2) is 19.1 Å². The predicted molar refractivity (Wildman–Crippen MR) is 134 cm³/mol. The molecule has 0 fully saturated rings. The monoisotopic (exact) mass is 474 g/mol. The zero-order valence-electron chi connectivity index (χ0n) is 19.0. The van der Waals surface area contributed by atoms with Crippen molar-refractivity contribution in [2.75, 3.05) is 18.5 Å². The summed E-state index contributed by atoms with van der Waals surface area (Å²) in [4.78, 5) is 5.31. The number of thioether (sulfide) groups is 1. The average molecular weight is 475 g/mol. The number of nitrogens with one attached hydrogen (secondary N) is 1. The lowest BCUT2D eigenvalue weighted by Crippen LogP contribution is -2.12. The summed E-state index contributed by atoms with van der Waals surface area (Å²) in [6.07, 6.45) is 0.624. The standard InChI is InChI=1S/C25H29F3N4S/c1-4-6-23(24(33-3)19-10-13-22(30)21(15-19)17(2)29)32-16-31-14-5-7-18-8-11-20(12-9-18)25(26,27)28/h8-13,15-17H,5,7,14,29-30H2,1-3H3,(H,31,32)/b24-23-. The number of nitrogens with two attached hydrogens (primary N) is 2. The molecule has 5 N–H and O–H groups in total. The molecule has 0 aliphatic rings. The molecule has 0 aliphatic carbocycles. The molecule has 176 valence electrons. The molecule has 4 nitrogen and oxygen atoms in total. The Labute approximate surface area is 197 Å². The highest BCUT2D eigenvalue weighted by atomic mass is 32.2. The van der Waals surface area contributed by atoms with E-state index in [-0.39, 0.29) is 6.04 Å². The van der Waals surface area contributed by atoms with Crippen LogP contribution in [0.4, 0.5) is 18.9 Å². The molecule has 0 amide bonds. The second-order valence-corrected chi connectivity index (χ2v) is 8.21. The molecule has 0 saturated heterocycles. The van der Waals surface area contributed by atoms with Gasteiger partial charge in [0.05, 0.1) is 11.9 Å². The highest BCUT2D eigenvalue weighted by Crippen LogP contribution is 2.31. The lowest BCUT2D eigenvalue weighted by atomic mass is 10.0. The zero-order chi connectivity index (χ0) is 24.4. The quantitative estimate of drug-likeness (QED) is 0.145. The van der Waals surface area contributed by atoms with Gasteiger partial charge in [0.25, 0.3) is 0 Å². The summed E-state index contributed by atoms with van der Waals surface area (Å²) in [5.74, 6) is 6.00. The molecule has 0 heterocycles. The van der Waals surface area contributed by atoms with Crippen LogP contribution in [0.2, 0.25) is 0 Å². The Morgan fingerprint density at radius 3 is 2.48 bits per heavy atom. The maximum atomic E-state index is 12.6. The van der Waals surface area contributed by atoms with Crippen LogP contribution >= 0.6 is 11.8 Å². The molecule has 0 saturated carbocycles. The summed E-state index contributed by atoms with van der Waals surface area (Å²) in [6.45, 7) is 4.18. The topological polar surface area (TPSA) is 76.4 Å². The fraction of sp³-hybridized carbons (Fsp3) is 0.320. The smallest absolute Gasteiger partial charge is 0.398 e. The third kappa shape index (κ3) is 7.88. The number of hydrogen-bond acceptors (Lipinski definition) is 4. The van der Waals surface area contributed by atoms with E-state index >= 15 is 0 Å². The largest absolute Gasteiger partial charge is 0.416 e. The maximum absolute atomic E-state index is 12.6. The number of aryl methyl sites for hydroxylation is 1. The summed E-state index contributed by atoms with van der Waals surface area (Å²) in [5.41, 5.74) is 15.5. The number of rotatable bonds is 9. The first kappa shape index (κ1) is 26.4. The van der Waals surface area contributed by atoms with E-state index in [4.69, 9.17) is 11.5 Å². The van der Waals surface area contributed by atoms with Gasteiger partial charge in [-0.2, -0.15) is 13.2 Å². The number of aliphatic imine (C=N–C) groups is 1. The van der Waals surface area contributed by atoms with Gasteiger partial charge < -0.3 is 16.8 Å². The number of anilines is 1. The maximum Gasteiger partial charge on any atom is 0.416 e. The van der Waals surface area contributed by atoms with Crippen molar-refractivity contribution < 1.29 is 13.2 Å². The number of benzene rings is 2. The van der Waals surface area contributed by atoms with Gasteiger partial charge >= 0.3 is 6.18 Å². The van der Waals surface area contributed by atoms with Gasteiger partial charge in [-0.15, -0.1) is 11.8 Å². The highest BCUT2D eigenvalue weighted by Gasteiger charge is 2.29. The number of nitrogens with zero attached hydrogens (tertiary/aromatic N) is 1. The number of nitrogen functional groups attached to an aromatic ring is 1. The normalized spacial score (nSPS) is 13.3. The summed E-state index contributed by atoms with van der Waals surface area (Å²) >= 11 is 1.56. The van der Waals surface area contributed by atoms with Crippen LogP contribution in [0.1, 0.15) is 48.6 Å². The van der Waals surface area contributed by atoms with Crippen LogP contribution in [0.3, 0.4) is 0 Å². The first-order valence-corrected chi connectivity index (χ1v) is 11.7. The fourth-order valence-electron chi connectivity index (χ4n) is 3.17. The van der Waals surface area contributed by atoms with Crippen molar-refractivity contribution in [1.29, 1.82) is 0 Å². The van der Waals surface area contributed by atoms with Gasteiger partial charge in [0, 0.05) is 23.2 Å². The molecule has 1 unspecified atom stereocenters. The van der Waals surface area contributed by atoms with Crippen molar-refractivity contribution in [2.24, 2.45) is 10.7 Å². The van der Waals surface area contributed by atoms with Crippen molar-refractivity contribution in [3.8, 4) is 11.8 Å². The number of allylic oxidation sites excluding steroid dienone is 1. The van der Waals surface area contributed by atoms with Crippen LogP contribution in [0, 0.1) is 11.8 Å². The molecule has 0 aromatic heterocycles. The second kappa shape index (κ2) is 12.4. The molecule has 33 heavy (non-hydrogen) atoms. The summed E-state index contributed by atoms with van der Waals surface area (Å²) in [5, 5.41) is 3.16. The molecule has 0 spiro atoms. The Kier molecular flexibility index (Phi) is 9.89. The summed E-state index contributed by atoms with van der Waals surface area (Å²) in [6, 6.07) is 10.8. The van der Waals surface area contributed by atoms with E-state index in [2.05, 4.69) is 22.2 Å². The molecule has 2 aromatic rings. The van der Waals surface area contributed by atoms with E-state index in [1.54, 1.807) is 25.0 Å². The van der Waals surface area contributed by atoms with Crippen molar-refractivity contribution in [1.82, 2.24) is 5.32 Å². The number of alkyl halides is 3. The van der Waals surface area contributed by atoms with E-state index in [0.29, 0.717) is 25.1 Å². The summed E-state index contributed by atoms with van der Waals surface area (Å²) in [7, 11) is 0. The Morgan fingerprint density at radius 2 is 1.91 bits per heavy atom. The van der Waals surface area contributed by atoms with Crippen molar-refractivity contribution in [3.63, 3.8) is 0 Å². The van der Waals surface area contributed by atoms with Gasteiger partial charge in [0.2, 0.25) is 0 Å². The molecule has 8 heteroatoms. The molecular weight excluding hydrogens is 445 g/mol. The molecule has 0 bridgehead atoms. The molecular formula is C25H29F3N4S. The van der Waals surface area contributed by atoms with Crippen molar-refractivity contribution in [2.45, 2.75) is 38.9 Å². The SMILES string of the molecule is CC#C/C(NC=NCCCc1ccc(C(F)(F)F)cc1)=C(/SC)c1ccc(N)c(C(C)N)c1. The van der Waals surface area contributed by atoms with Crippen LogP contribution in [0.5, 0.6) is 0 Å². The van der Waals surface area contributed by atoms with E-state index in [9.17, 15) is 13.2 Å². The van der Waals surface area contributed by atoms with Gasteiger partial charge in [-0.05, 0) is 79.8 Å². The minimum absolute atomic E-state index is 0.187. The molecule has 2 aromatic carbocycles. The van der Waals surface area contributed by atoms with Gasteiger partial charge in [-0.25, -0.2) is 0 Å². The third-order valence-corrected chi connectivity index (χ3v) is 5.70. The van der Waals surface area contributed by atoms with E-state index in [1.165, 1.54) is 12.1 Å². The van der Waals surface area contributed by atoms with Crippen LogP contribution in [-0.2, 0) is 12.6 Å². The minimum atomic E-state index is -4.31. The first-order valence-electron chi connectivity index (χ1n) is 10.4. The predicted octanol–water partition coefficient (Wildman–Crippen LogP) is 5.61. The van der Waals surface area contributed by atoms with Crippen LogP contribution < -0.4 is 16.8 Å². The minimum Gasteiger partial charge on any atom is -0.398 e. The lowest BCUT2D eigenvalue weighted by Gasteiger charge is -2.14. The van der Waals surface area contributed by atoms with Crippen LogP contribution in [0.15, 0.2) is 53.2 Å². The second-order valence-electron chi connectivity index (χ2n) is 7.39. The molecule has 2 rings (SSSR count). The number of hydrogen-bond donors (Lipinski definition) is 3. The Hall–Kier alpha value is -2.89. The molecule has 1 atom stereocenters. The third-order valence-electron chi connectivity index (χ3n) is 4.85. The van der Waals surface area contributed by atoms with Crippen molar-refractivity contribution >= 4 is 28.7 Å². The first-order chi connectivity index (χ1) is 15.7. The van der Waals surface area contributed by atoms with Crippen molar-refractivity contribution in [3.05, 3.63) is 70.4 Å². The Morgan fingerprint density at radius 1 is 1.21 bits per heavy atom. The Bertz CT molecular complexity index is 1050. The highest BCUT2D eigenvalue weighted by molar-refractivity contribution is 8.07. The van der Waals surface area contributed by atoms with E-state index in [1.807, 2.05) is 31.4 Å². The van der Waals surface area contributed by atoms with E-state index in [0.717, 1.165) is 39.4 Å². The number of halogens is 3. The molecule has 0 aliphatic heterocycles. The molecule has 0 radical (unpaired) electrons. The fourth-order valence-corrected chi connectivity index (χ4v) is 3.84. The average Bonchev–Trinajstić information content (AvgIpc) is 2.77. The lowest BCUT2D eigenvalue weighted by molar-refractivity contribution is -0.137. The Balaban J connectivity index is 2.03.